The molecule has 0 unspecified atom stereocenters. The Bertz CT molecular complexity index is 768. The van der Waals surface area contributed by atoms with Gasteiger partial charge in [-0.2, -0.15) is 5.10 Å². The van der Waals surface area contributed by atoms with Crippen molar-refractivity contribution in [2.75, 3.05) is 0 Å². The summed E-state index contributed by atoms with van der Waals surface area (Å²) >= 11 is 8.83. The smallest absolute Gasteiger partial charge is 0.178 e. The molecule has 0 saturated heterocycles. The van der Waals surface area contributed by atoms with Gasteiger partial charge in [-0.15, -0.1) is 0 Å². The zero-order chi connectivity index (χ0) is 12.7. The summed E-state index contributed by atoms with van der Waals surface area (Å²) < 4.78 is 5.64. The van der Waals surface area contributed by atoms with E-state index in [4.69, 9.17) is 12.2 Å². The summed E-state index contributed by atoms with van der Waals surface area (Å²) in [6, 6.07) is 6.11. The highest BCUT2D eigenvalue weighted by molar-refractivity contribution is 9.10. The first-order valence-electron chi connectivity index (χ1n) is 5.49. The number of aromatic nitrogens is 4. The Morgan fingerprint density at radius 2 is 2.28 bits per heavy atom. The lowest BCUT2D eigenvalue weighted by molar-refractivity contribution is 0.763. The largest absolute Gasteiger partial charge is 0.331 e. The monoisotopic (exact) mass is 322 g/mol. The van der Waals surface area contributed by atoms with Crippen LogP contribution in [0, 0.1) is 4.77 Å². The highest BCUT2D eigenvalue weighted by atomic mass is 79.9. The van der Waals surface area contributed by atoms with E-state index in [0.717, 1.165) is 32.4 Å². The van der Waals surface area contributed by atoms with Gasteiger partial charge in [-0.3, -0.25) is 4.68 Å². The van der Waals surface area contributed by atoms with E-state index in [0.29, 0.717) is 0 Å². The van der Waals surface area contributed by atoms with Crippen molar-refractivity contribution in [1.82, 2.24) is 19.3 Å². The summed E-state index contributed by atoms with van der Waals surface area (Å²) in [7, 11) is 1.91. The number of halogens is 1. The minimum absolute atomic E-state index is 0.729. The number of nitrogens with one attached hydrogen (secondary N) is 1. The van der Waals surface area contributed by atoms with Crippen molar-refractivity contribution >= 4 is 39.2 Å². The van der Waals surface area contributed by atoms with E-state index < -0.39 is 0 Å². The average molecular weight is 323 g/mol. The van der Waals surface area contributed by atoms with Crippen molar-refractivity contribution in [1.29, 1.82) is 0 Å². The van der Waals surface area contributed by atoms with E-state index in [1.807, 2.05) is 31.6 Å². The second kappa shape index (κ2) is 4.37. The van der Waals surface area contributed by atoms with Crippen LogP contribution in [0.5, 0.6) is 0 Å². The molecule has 92 valence electrons. The van der Waals surface area contributed by atoms with Gasteiger partial charge in [-0.05, 0) is 30.4 Å². The molecule has 2 heterocycles. The van der Waals surface area contributed by atoms with Crippen LogP contribution in [0.15, 0.2) is 35.1 Å². The number of imidazole rings is 1. The molecule has 0 saturated carbocycles. The molecule has 0 fully saturated rings. The van der Waals surface area contributed by atoms with Crippen LogP contribution in [0.1, 0.15) is 5.56 Å². The Balaban J connectivity index is 2.11. The van der Waals surface area contributed by atoms with Crippen LogP contribution in [-0.4, -0.2) is 19.3 Å². The highest BCUT2D eigenvalue weighted by Crippen LogP contribution is 2.20. The van der Waals surface area contributed by atoms with E-state index in [-0.39, 0.29) is 0 Å². The minimum Gasteiger partial charge on any atom is -0.331 e. The summed E-state index contributed by atoms with van der Waals surface area (Å²) in [5.74, 6) is 0. The quantitative estimate of drug-likeness (QED) is 0.735. The van der Waals surface area contributed by atoms with E-state index in [1.54, 1.807) is 4.68 Å². The number of rotatable bonds is 2. The Hall–Kier alpha value is -1.40. The maximum atomic E-state index is 5.37. The molecule has 0 aliphatic rings. The van der Waals surface area contributed by atoms with Crippen molar-refractivity contribution < 1.29 is 0 Å². The molecular formula is C12H11BrN4S. The highest BCUT2D eigenvalue weighted by Gasteiger charge is 2.06. The predicted molar refractivity (Wildman–Crippen MR) is 77.1 cm³/mol. The third-order valence-electron chi connectivity index (χ3n) is 2.84. The minimum atomic E-state index is 0.729. The van der Waals surface area contributed by atoms with Crippen LogP contribution >= 0.6 is 28.1 Å². The number of fused-ring (bicyclic) bond motifs is 1. The van der Waals surface area contributed by atoms with Crippen molar-refractivity contribution in [3.8, 4) is 0 Å². The molecule has 6 heteroatoms. The molecule has 1 N–H and O–H groups in total. The van der Waals surface area contributed by atoms with Crippen LogP contribution in [0.2, 0.25) is 0 Å². The fourth-order valence-corrected chi connectivity index (χ4v) is 2.66. The number of aromatic amines is 1. The predicted octanol–water partition coefficient (Wildman–Crippen LogP) is 3.24. The number of H-pyrrole nitrogens is 1. The van der Waals surface area contributed by atoms with Crippen molar-refractivity contribution in [2.24, 2.45) is 7.05 Å². The number of nitrogens with zero attached hydrogens (tertiary/aromatic N) is 3. The van der Waals surface area contributed by atoms with Crippen molar-refractivity contribution in [2.45, 2.75) is 6.54 Å². The first-order chi connectivity index (χ1) is 8.63. The first kappa shape index (κ1) is 11.7. The van der Waals surface area contributed by atoms with Gasteiger partial charge in [-0.1, -0.05) is 15.9 Å². The summed E-state index contributed by atoms with van der Waals surface area (Å²) in [6.45, 7) is 0.730. The van der Waals surface area contributed by atoms with Gasteiger partial charge in [-0.25, -0.2) is 0 Å². The summed E-state index contributed by atoms with van der Waals surface area (Å²) in [4.78, 5) is 3.22. The molecule has 4 nitrogen and oxygen atoms in total. The van der Waals surface area contributed by atoms with E-state index in [2.05, 4.69) is 36.6 Å². The molecule has 0 aliphatic carbocycles. The van der Waals surface area contributed by atoms with E-state index >= 15 is 0 Å². The molecule has 1 aromatic carbocycles. The fraction of sp³-hybridized carbons (Fsp3) is 0.167. The van der Waals surface area contributed by atoms with Gasteiger partial charge >= 0.3 is 0 Å². The van der Waals surface area contributed by atoms with Crippen molar-refractivity contribution in [3.63, 3.8) is 0 Å². The lowest BCUT2D eigenvalue weighted by atomic mass is 10.3. The average Bonchev–Trinajstić information content (AvgIpc) is 2.84. The Morgan fingerprint density at radius 1 is 1.44 bits per heavy atom. The van der Waals surface area contributed by atoms with Gasteiger partial charge in [0, 0.05) is 23.3 Å². The standard InChI is InChI=1S/C12H11BrN4S/c1-16-6-8(5-14-16)7-17-11-3-2-9(13)4-10(11)15-12(17)18/h2-6H,7H2,1H3,(H,15,18). The molecule has 0 bridgehead atoms. The fourth-order valence-electron chi connectivity index (χ4n) is 2.03. The van der Waals surface area contributed by atoms with Crippen LogP contribution < -0.4 is 0 Å². The molecule has 0 spiro atoms. The van der Waals surface area contributed by atoms with Gasteiger partial charge < -0.3 is 9.55 Å². The second-order valence-electron chi connectivity index (χ2n) is 4.20. The van der Waals surface area contributed by atoms with Gasteiger partial charge in [0.25, 0.3) is 0 Å². The molecule has 0 radical (unpaired) electrons. The molecular weight excluding hydrogens is 312 g/mol. The lowest BCUT2D eigenvalue weighted by Gasteiger charge is -2.02. The first-order valence-corrected chi connectivity index (χ1v) is 6.69. The molecule has 3 aromatic rings. The molecule has 3 rings (SSSR count). The topological polar surface area (TPSA) is 38.5 Å². The third-order valence-corrected chi connectivity index (χ3v) is 3.65. The van der Waals surface area contributed by atoms with Gasteiger partial charge in [0.1, 0.15) is 0 Å². The summed E-state index contributed by atoms with van der Waals surface area (Å²) in [5.41, 5.74) is 3.28. The van der Waals surface area contributed by atoms with Gasteiger partial charge in [0.05, 0.1) is 23.8 Å². The van der Waals surface area contributed by atoms with Crippen LogP contribution in [0.4, 0.5) is 0 Å². The lowest BCUT2D eigenvalue weighted by Crippen LogP contribution is -1.98. The number of hydrogen-bond acceptors (Lipinski definition) is 2. The molecule has 18 heavy (non-hydrogen) atoms. The summed E-state index contributed by atoms with van der Waals surface area (Å²) in [6.07, 6.45) is 3.86. The van der Waals surface area contributed by atoms with Crippen LogP contribution in [-0.2, 0) is 13.6 Å². The van der Waals surface area contributed by atoms with Crippen LogP contribution in [0.25, 0.3) is 11.0 Å². The summed E-state index contributed by atoms with van der Waals surface area (Å²) in [5, 5.41) is 4.17. The molecule has 2 aromatic heterocycles. The zero-order valence-electron chi connectivity index (χ0n) is 9.72. The maximum Gasteiger partial charge on any atom is 0.178 e. The number of aryl methyl sites for hydroxylation is 1. The van der Waals surface area contributed by atoms with Crippen molar-refractivity contribution in [3.05, 3.63) is 45.4 Å². The Kier molecular flexibility index (Phi) is 2.83. The molecule has 0 aliphatic heterocycles. The number of hydrogen-bond donors (Lipinski definition) is 1. The maximum absolute atomic E-state index is 5.37. The van der Waals surface area contributed by atoms with Crippen LogP contribution in [0.3, 0.4) is 0 Å². The molecule has 0 atom stereocenters. The second-order valence-corrected chi connectivity index (χ2v) is 5.50. The zero-order valence-corrected chi connectivity index (χ0v) is 12.1. The van der Waals surface area contributed by atoms with Gasteiger partial charge in [0.15, 0.2) is 4.77 Å². The third kappa shape index (κ3) is 2.02. The van der Waals surface area contributed by atoms with E-state index in [9.17, 15) is 0 Å². The van der Waals surface area contributed by atoms with Gasteiger partial charge in [0.2, 0.25) is 0 Å². The number of benzene rings is 1. The normalized spacial score (nSPS) is 11.2. The SMILES string of the molecule is Cn1cc(Cn2c(=S)[nH]c3cc(Br)ccc32)cn1. The Labute approximate surface area is 117 Å². The molecule has 0 amide bonds. The van der Waals surface area contributed by atoms with E-state index in [1.165, 1.54) is 0 Å². The Morgan fingerprint density at radius 3 is 3.00 bits per heavy atom.